The van der Waals surface area contributed by atoms with Gasteiger partial charge in [0.05, 0.1) is 15.0 Å². The fourth-order valence-electron chi connectivity index (χ4n) is 2.72. The summed E-state index contributed by atoms with van der Waals surface area (Å²) in [6.45, 7) is 5.06. The van der Waals surface area contributed by atoms with E-state index in [1.165, 1.54) is 11.8 Å². The molecule has 0 aliphatic carbocycles. The molecule has 2 aromatic rings. The van der Waals surface area contributed by atoms with Crippen LogP contribution in [0.3, 0.4) is 0 Å². The molecule has 3 rings (SSSR count). The summed E-state index contributed by atoms with van der Waals surface area (Å²) in [6, 6.07) is 11.1. The summed E-state index contributed by atoms with van der Waals surface area (Å²) < 4.78 is 7.48. The lowest BCUT2D eigenvalue weighted by Gasteiger charge is -2.16. The van der Waals surface area contributed by atoms with Gasteiger partial charge in [0.25, 0.3) is 5.91 Å². The van der Waals surface area contributed by atoms with Crippen LogP contribution in [0.15, 0.2) is 45.8 Å². The van der Waals surface area contributed by atoms with Gasteiger partial charge in [0.2, 0.25) is 0 Å². The number of ether oxygens (including phenoxy) is 1. The molecule has 1 aliphatic heterocycles. The van der Waals surface area contributed by atoms with Crippen LogP contribution >= 0.6 is 63.1 Å². The first-order valence-corrected chi connectivity index (χ1v) is 11.6. The Morgan fingerprint density at radius 1 is 1.21 bits per heavy atom. The molecule has 2 aromatic carbocycles. The molecule has 3 nitrogen and oxygen atoms in total. The van der Waals surface area contributed by atoms with E-state index in [0.29, 0.717) is 44.1 Å². The maximum atomic E-state index is 12.8. The van der Waals surface area contributed by atoms with Crippen LogP contribution in [0.4, 0.5) is 0 Å². The average molecular weight is 531 g/mol. The van der Waals surface area contributed by atoms with Gasteiger partial charge in [-0.3, -0.25) is 9.69 Å². The Balaban J connectivity index is 1.83. The summed E-state index contributed by atoms with van der Waals surface area (Å²) in [7, 11) is 0. The molecular weight excluding hydrogens is 513 g/mol. The maximum Gasteiger partial charge on any atom is 0.266 e. The summed E-state index contributed by atoms with van der Waals surface area (Å²) in [5.41, 5.74) is 1.70. The molecule has 1 fully saturated rings. The highest BCUT2D eigenvalue weighted by atomic mass is 79.9. The second kappa shape index (κ2) is 9.84. The molecule has 1 heterocycles. The van der Waals surface area contributed by atoms with Gasteiger partial charge in [0.15, 0.2) is 0 Å². The SMILES string of the molecule is CC(C)CN1C(=O)/C(=C/c2cc(Br)ccc2OCc2ccc(Cl)c(Cl)c2)SC1=S. The van der Waals surface area contributed by atoms with Crippen molar-refractivity contribution >= 4 is 79.4 Å². The van der Waals surface area contributed by atoms with Gasteiger partial charge in [0, 0.05) is 16.6 Å². The van der Waals surface area contributed by atoms with E-state index in [2.05, 4.69) is 29.8 Å². The monoisotopic (exact) mass is 529 g/mol. The van der Waals surface area contributed by atoms with Crippen LogP contribution in [0.2, 0.25) is 10.0 Å². The normalized spacial score (nSPS) is 15.7. The van der Waals surface area contributed by atoms with Gasteiger partial charge in [-0.25, -0.2) is 0 Å². The number of thiocarbonyl (C=S) groups is 1. The highest BCUT2D eigenvalue weighted by Gasteiger charge is 2.32. The molecule has 152 valence electrons. The van der Waals surface area contributed by atoms with E-state index >= 15 is 0 Å². The van der Waals surface area contributed by atoms with E-state index in [-0.39, 0.29) is 5.91 Å². The molecular formula is C21H18BrCl2NO2S2. The third-order valence-electron chi connectivity index (χ3n) is 4.06. The van der Waals surface area contributed by atoms with Crippen molar-refractivity contribution < 1.29 is 9.53 Å². The number of nitrogens with zero attached hydrogens (tertiary/aromatic N) is 1. The van der Waals surface area contributed by atoms with Gasteiger partial charge < -0.3 is 4.74 Å². The molecule has 0 bridgehead atoms. The lowest BCUT2D eigenvalue weighted by molar-refractivity contribution is -0.122. The average Bonchev–Trinajstić information content (AvgIpc) is 2.91. The standard InChI is InChI=1S/C21H18BrCl2NO2S2/c1-12(2)10-25-20(26)19(29-21(25)28)9-14-8-15(22)4-6-18(14)27-11-13-3-5-16(23)17(24)7-13/h3-9,12H,10-11H2,1-2H3/b19-9-. The van der Waals surface area contributed by atoms with Crippen molar-refractivity contribution in [3.8, 4) is 5.75 Å². The number of carbonyl (C=O) groups excluding carboxylic acids is 1. The van der Waals surface area contributed by atoms with Crippen molar-refractivity contribution in [3.63, 3.8) is 0 Å². The van der Waals surface area contributed by atoms with Crippen LogP contribution in [0.5, 0.6) is 5.75 Å². The molecule has 0 saturated carbocycles. The van der Waals surface area contributed by atoms with Crippen LogP contribution in [0.1, 0.15) is 25.0 Å². The molecule has 1 amide bonds. The fraction of sp³-hybridized carbons (Fsp3) is 0.238. The van der Waals surface area contributed by atoms with Gasteiger partial charge in [-0.15, -0.1) is 0 Å². The van der Waals surface area contributed by atoms with Crippen molar-refractivity contribution in [1.82, 2.24) is 4.90 Å². The summed E-state index contributed by atoms with van der Waals surface area (Å²) in [4.78, 5) is 15.0. The van der Waals surface area contributed by atoms with E-state index in [1.54, 1.807) is 17.0 Å². The number of hydrogen-bond donors (Lipinski definition) is 0. The van der Waals surface area contributed by atoms with E-state index in [0.717, 1.165) is 15.6 Å². The van der Waals surface area contributed by atoms with Crippen LogP contribution in [0, 0.1) is 5.92 Å². The van der Waals surface area contributed by atoms with Crippen molar-refractivity contribution in [2.24, 2.45) is 5.92 Å². The molecule has 0 unspecified atom stereocenters. The van der Waals surface area contributed by atoms with E-state index in [1.807, 2.05) is 30.3 Å². The molecule has 29 heavy (non-hydrogen) atoms. The van der Waals surface area contributed by atoms with Gasteiger partial charge in [-0.05, 0) is 47.9 Å². The molecule has 1 aliphatic rings. The Labute approximate surface area is 198 Å². The van der Waals surface area contributed by atoms with Gasteiger partial charge in [-0.1, -0.05) is 83.0 Å². The van der Waals surface area contributed by atoms with Crippen molar-refractivity contribution in [3.05, 3.63) is 66.9 Å². The number of rotatable bonds is 6. The lowest BCUT2D eigenvalue weighted by Crippen LogP contribution is -2.31. The minimum atomic E-state index is -0.0656. The smallest absolute Gasteiger partial charge is 0.266 e. The third kappa shape index (κ3) is 5.76. The Bertz CT molecular complexity index is 995. The van der Waals surface area contributed by atoms with E-state index < -0.39 is 0 Å². The van der Waals surface area contributed by atoms with Crippen molar-refractivity contribution in [2.75, 3.05) is 6.54 Å². The Kier molecular flexibility index (Phi) is 7.68. The third-order valence-corrected chi connectivity index (χ3v) is 6.67. The zero-order valence-electron chi connectivity index (χ0n) is 15.7. The Hall–Kier alpha value is -1.05. The summed E-state index contributed by atoms with van der Waals surface area (Å²) >= 11 is 22.2. The minimum absolute atomic E-state index is 0.0656. The maximum absolute atomic E-state index is 12.8. The molecule has 0 N–H and O–H groups in total. The summed E-state index contributed by atoms with van der Waals surface area (Å²) in [5.74, 6) is 0.935. The number of thioether (sulfide) groups is 1. The molecule has 8 heteroatoms. The number of benzene rings is 2. The summed E-state index contributed by atoms with van der Waals surface area (Å²) in [6.07, 6.45) is 1.83. The van der Waals surface area contributed by atoms with E-state index in [4.69, 9.17) is 40.2 Å². The minimum Gasteiger partial charge on any atom is -0.488 e. The fourth-order valence-corrected chi connectivity index (χ4v) is 4.68. The van der Waals surface area contributed by atoms with Crippen LogP contribution in [-0.4, -0.2) is 21.7 Å². The number of carbonyl (C=O) groups is 1. The predicted octanol–water partition coefficient (Wildman–Crippen LogP) is 7.19. The van der Waals surface area contributed by atoms with Crippen LogP contribution < -0.4 is 4.74 Å². The van der Waals surface area contributed by atoms with Gasteiger partial charge in [-0.2, -0.15) is 0 Å². The van der Waals surface area contributed by atoms with Crippen LogP contribution in [0.25, 0.3) is 6.08 Å². The number of amides is 1. The predicted molar refractivity (Wildman–Crippen MR) is 130 cm³/mol. The van der Waals surface area contributed by atoms with Crippen molar-refractivity contribution in [2.45, 2.75) is 20.5 Å². The summed E-state index contributed by atoms with van der Waals surface area (Å²) in [5, 5.41) is 0.987. The second-order valence-electron chi connectivity index (χ2n) is 6.91. The lowest BCUT2D eigenvalue weighted by atomic mass is 10.1. The zero-order valence-corrected chi connectivity index (χ0v) is 20.5. The first-order chi connectivity index (χ1) is 13.7. The van der Waals surface area contributed by atoms with Crippen LogP contribution in [-0.2, 0) is 11.4 Å². The molecule has 0 radical (unpaired) electrons. The number of halogens is 3. The molecule has 0 aromatic heterocycles. The molecule has 0 spiro atoms. The molecule has 1 saturated heterocycles. The quantitative estimate of drug-likeness (QED) is 0.292. The van der Waals surface area contributed by atoms with Crippen molar-refractivity contribution in [1.29, 1.82) is 0 Å². The topological polar surface area (TPSA) is 29.5 Å². The zero-order chi connectivity index (χ0) is 21.1. The second-order valence-corrected chi connectivity index (χ2v) is 10.3. The van der Waals surface area contributed by atoms with Gasteiger partial charge in [0.1, 0.15) is 16.7 Å². The van der Waals surface area contributed by atoms with E-state index in [9.17, 15) is 4.79 Å². The Morgan fingerprint density at radius 2 is 1.97 bits per heavy atom. The first kappa shape index (κ1) is 22.6. The highest BCUT2D eigenvalue weighted by molar-refractivity contribution is 9.10. The van der Waals surface area contributed by atoms with Gasteiger partial charge >= 0.3 is 0 Å². The first-order valence-electron chi connectivity index (χ1n) is 8.86. The highest BCUT2D eigenvalue weighted by Crippen LogP contribution is 2.35. The Morgan fingerprint density at radius 3 is 2.66 bits per heavy atom. The molecule has 0 atom stereocenters. The number of hydrogen-bond acceptors (Lipinski definition) is 4. The largest absolute Gasteiger partial charge is 0.488 e.